The van der Waals surface area contributed by atoms with Gasteiger partial charge in [-0.1, -0.05) is 6.08 Å². The molecule has 0 aliphatic carbocycles. The van der Waals surface area contributed by atoms with Gasteiger partial charge in [-0.2, -0.15) is 0 Å². The molecule has 0 saturated carbocycles. The second kappa shape index (κ2) is 2.51. The minimum Gasteiger partial charge on any atom is -0.247 e. The van der Waals surface area contributed by atoms with E-state index < -0.39 is 17.9 Å². The summed E-state index contributed by atoms with van der Waals surface area (Å²) >= 11 is 0. The van der Waals surface area contributed by atoms with Crippen molar-refractivity contribution in [1.29, 1.82) is 0 Å². The molecule has 0 bridgehead atoms. The zero-order chi connectivity index (χ0) is 7.56. The first-order valence-electron chi connectivity index (χ1n) is 2.78. The zero-order valence-electron chi connectivity index (χ0n) is 5.20. The Labute approximate surface area is 57.3 Å². The van der Waals surface area contributed by atoms with Crippen molar-refractivity contribution in [2.24, 2.45) is 5.92 Å². The molecule has 1 fully saturated rings. The highest BCUT2D eigenvalue weighted by Gasteiger charge is 2.28. The van der Waals surface area contributed by atoms with Crippen molar-refractivity contribution in [2.75, 3.05) is 0 Å². The third kappa shape index (κ3) is 1.15. The van der Waals surface area contributed by atoms with Gasteiger partial charge in [0, 0.05) is 0 Å². The number of carbonyl (C=O) groups excluding carboxylic acids is 2. The molecule has 1 unspecified atom stereocenters. The van der Waals surface area contributed by atoms with E-state index in [1.807, 2.05) is 0 Å². The average Bonchev–Trinajstić information content (AvgIpc) is 1.94. The quantitative estimate of drug-likeness (QED) is 0.387. The Morgan fingerprint density at radius 2 is 2.20 bits per heavy atom. The maximum absolute atomic E-state index is 10.6. The summed E-state index contributed by atoms with van der Waals surface area (Å²) < 4.78 is 0. The van der Waals surface area contributed by atoms with Gasteiger partial charge in [-0.25, -0.2) is 19.4 Å². The molecule has 4 nitrogen and oxygen atoms in total. The van der Waals surface area contributed by atoms with Crippen molar-refractivity contribution < 1.29 is 19.4 Å². The van der Waals surface area contributed by atoms with Gasteiger partial charge in [-0.15, -0.1) is 6.58 Å². The molecule has 10 heavy (non-hydrogen) atoms. The monoisotopic (exact) mass is 142 g/mol. The molecule has 1 aliphatic heterocycles. The van der Waals surface area contributed by atoms with E-state index >= 15 is 0 Å². The standard InChI is InChI=1S/C6H6O4/c1-2-4-3-5(7)9-10-6(4)8/h2,4H,1,3H2. The SMILES string of the molecule is C=CC1CC(=O)OOC1=O. The van der Waals surface area contributed by atoms with Gasteiger partial charge in [0.15, 0.2) is 0 Å². The molecule has 54 valence electrons. The lowest BCUT2D eigenvalue weighted by atomic mass is 10.1. The topological polar surface area (TPSA) is 52.6 Å². The lowest BCUT2D eigenvalue weighted by Gasteiger charge is -2.13. The van der Waals surface area contributed by atoms with Crippen LogP contribution in [0.2, 0.25) is 0 Å². The van der Waals surface area contributed by atoms with E-state index in [0.717, 1.165) is 0 Å². The fourth-order valence-corrected chi connectivity index (χ4v) is 0.626. The summed E-state index contributed by atoms with van der Waals surface area (Å²) in [5.74, 6) is -1.64. The molecule has 1 heterocycles. The molecule has 0 aromatic carbocycles. The third-order valence-corrected chi connectivity index (χ3v) is 1.19. The van der Waals surface area contributed by atoms with Gasteiger partial charge in [0.05, 0.1) is 12.3 Å². The Morgan fingerprint density at radius 1 is 1.50 bits per heavy atom. The molecule has 4 heteroatoms. The average molecular weight is 142 g/mol. The molecule has 1 rings (SSSR count). The third-order valence-electron chi connectivity index (χ3n) is 1.19. The van der Waals surface area contributed by atoms with E-state index in [9.17, 15) is 9.59 Å². The molecular weight excluding hydrogens is 136 g/mol. The van der Waals surface area contributed by atoms with Crippen molar-refractivity contribution in [1.82, 2.24) is 0 Å². The van der Waals surface area contributed by atoms with Crippen molar-refractivity contribution in [3.63, 3.8) is 0 Å². The summed E-state index contributed by atoms with van der Waals surface area (Å²) in [5.41, 5.74) is 0. The molecule has 0 radical (unpaired) electrons. The van der Waals surface area contributed by atoms with Crippen molar-refractivity contribution >= 4 is 11.9 Å². The summed E-state index contributed by atoms with van der Waals surface area (Å²) in [5, 5.41) is 0. The van der Waals surface area contributed by atoms with Crippen LogP contribution in [0.3, 0.4) is 0 Å². The van der Waals surface area contributed by atoms with Crippen LogP contribution in [0.25, 0.3) is 0 Å². The molecule has 0 aromatic heterocycles. The Hall–Kier alpha value is -1.32. The molecule has 0 aromatic rings. The first-order valence-corrected chi connectivity index (χ1v) is 2.78. The van der Waals surface area contributed by atoms with E-state index in [2.05, 4.69) is 16.4 Å². The van der Waals surface area contributed by atoms with E-state index in [1.54, 1.807) is 0 Å². The van der Waals surface area contributed by atoms with Gasteiger partial charge in [0.25, 0.3) is 0 Å². The second-order valence-corrected chi connectivity index (χ2v) is 1.90. The number of hydrogen-bond acceptors (Lipinski definition) is 4. The van der Waals surface area contributed by atoms with Crippen LogP contribution in [0.5, 0.6) is 0 Å². The van der Waals surface area contributed by atoms with Gasteiger partial charge < -0.3 is 0 Å². The van der Waals surface area contributed by atoms with Gasteiger partial charge in [-0.3, -0.25) is 0 Å². The maximum Gasteiger partial charge on any atom is 0.362 e. The first kappa shape index (κ1) is 6.80. The summed E-state index contributed by atoms with van der Waals surface area (Å²) in [6.07, 6.45) is 1.39. The molecular formula is C6H6O4. The van der Waals surface area contributed by atoms with Crippen molar-refractivity contribution in [3.05, 3.63) is 12.7 Å². The Bertz CT molecular complexity index is 184. The lowest BCUT2D eigenvalue weighted by molar-refractivity contribution is -0.271. The summed E-state index contributed by atoms with van der Waals surface area (Å²) in [6.45, 7) is 3.36. The van der Waals surface area contributed by atoms with E-state index in [0.29, 0.717) is 0 Å². The van der Waals surface area contributed by atoms with Crippen LogP contribution < -0.4 is 0 Å². The Morgan fingerprint density at radius 3 is 2.70 bits per heavy atom. The predicted octanol–water partition coefficient (Wildman–Crippen LogP) is 0.194. The van der Waals surface area contributed by atoms with Crippen LogP contribution >= 0.6 is 0 Å². The predicted molar refractivity (Wildman–Crippen MR) is 30.5 cm³/mol. The molecule has 1 saturated heterocycles. The minimum absolute atomic E-state index is 0.0301. The smallest absolute Gasteiger partial charge is 0.247 e. The highest BCUT2D eigenvalue weighted by molar-refractivity contribution is 5.84. The van der Waals surface area contributed by atoms with Crippen LogP contribution in [0.1, 0.15) is 6.42 Å². The van der Waals surface area contributed by atoms with Crippen LogP contribution in [0.15, 0.2) is 12.7 Å². The van der Waals surface area contributed by atoms with Gasteiger partial charge in [0.2, 0.25) is 0 Å². The van der Waals surface area contributed by atoms with Crippen LogP contribution in [0, 0.1) is 5.92 Å². The molecule has 1 atom stereocenters. The van der Waals surface area contributed by atoms with Gasteiger partial charge in [-0.05, 0) is 0 Å². The van der Waals surface area contributed by atoms with Crippen LogP contribution in [-0.2, 0) is 19.4 Å². The van der Waals surface area contributed by atoms with Crippen LogP contribution in [-0.4, -0.2) is 11.9 Å². The number of rotatable bonds is 1. The normalized spacial score (nSPS) is 25.0. The van der Waals surface area contributed by atoms with E-state index in [1.165, 1.54) is 6.08 Å². The minimum atomic E-state index is -0.561. The molecule has 0 spiro atoms. The molecule has 0 amide bonds. The Kier molecular flexibility index (Phi) is 1.71. The lowest BCUT2D eigenvalue weighted by Crippen LogP contribution is -2.27. The number of hydrogen-bond donors (Lipinski definition) is 0. The summed E-state index contributed by atoms with van der Waals surface area (Å²) in [4.78, 5) is 29.1. The van der Waals surface area contributed by atoms with Crippen molar-refractivity contribution in [2.45, 2.75) is 6.42 Å². The maximum atomic E-state index is 10.6. The summed E-state index contributed by atoms with van der Waals surface area (Å²) in [6, 6.07) is 0. The zero-order valence-corrected chi connectivity index (χ0v) is 5.20. The number of carbonyl (C=O) groups is 2. The van der Waals surface area contributed by atoms with Crippen molar-refractivity contribution in [3.8, 4) is 0 Å². The van der Waals surface area contributed by atoms with E-state index in [4.69, 9.17) is 0 Å². The summed E-state index contributed by atoms with van der Waals surface area (Å²) in [7, 11) is 0. The fraction of sp³-hybridized carbons (Fsp3) is 0.333. The second-order valence-electron chi connectivity index (χ2n) is 1.90. The fourth-order valence-electron chi connectivity index (χ4n) is 0.626. The largest absolute Gasteiger partial charge is 0.362 e. The molecule has 0 N–H and O–H groups in total. The van der Waals surface area contributed by atoms with Gasteiger partial charge >= 0.3 is 11.9 Å². The van der Waals surface area contributed by atoms with Gasteiger partial charge in [0.1, 0.15) is 0 Å². The first-order chi connectivity index (χ1) is 4.74. The van der Waals surface area contributed by atoms with E-state index in [-0.39, 0.29) is 6.42 Å². The Balaban J connectivity index is 2.62. The molecule has 1 aliphatic rings. The highest BCUT2D eigenvalue weighted by atomic mass is 17.2. The van der Waals surface area contributed by atoms with Crippen LogP contribution in [0.4, 0.5) is 0 Å². The highest BCUT2D eigenvalue weighted by Crippen LogP contribution is 2.13.